The molecule has 0 aromatic carbocycles. The number of aliphatic hydroxyl groups is 1. The molecule has 4 nitrogen and oxygen atoms in total. The molecule has 0 aromatic heterocycles. The quantitative estimate of drug-likeness (QED) is 0.652. The molecule has 1 saturated heterocycles. The second kappa shape index (κ2) is 6.35. The van der Waals surface area contributed by atoms with Gasteiger partial charge >= 0.3 is 0 Å². The number of aliphatic hydroxyl groups excluding tert-OH is 1. The molecule has 0 aliphatic carbocycles. The topological polar surface area (TPSA) is 58.6 Å². The smallest absolute Gasteiger partial charge is 0.236 e. The highest BCUT2D eigenvalue weighted by molar-refractivity contribution is 8.01. The number of carbonyl (C=O) groups is 1. The van der Waals surface area contributed by atoms with Gasteiger partial charge in [0.05, 0.1) is 24.6 Å². The summed E-state index contributed by atoms with van der Waals surface area (Å²) >= 11 is 1.73. The monoisotopic (exact) mass is 233 g/mol. The molecule has 1 aliphatic heterocycles. The van der Waals surface area contributed by atoms with Crippen molar-refractivity contribution in [2.75, 3.05) is 32.1 Å². The van der Waals surface area contributed by atoms with E-state index in [0.29, 0.717) is 19.8 Å². The van der Waals surface area contributed by atoms with E-state index in [1.807, 2.05) is 6.92 Å². The highest BCUT2D eigenvalue weighted by Crippen LogP contribution is 2.37. The van der Waals surface area contributed by atoms with Crippen molar-refractivity contribution in [3.63, 3.8) is 0 Å². The molecule has 1 aliphatic rings. The summed E-state index contributed by atoms with van der Waals surface area (Å²) in [6, 6.07) is 0. The van der Waals surface area contributed by atoms with Crippen molar-refractivity contribution >= 4 is 17.7 Å². The van der Waals surface area contributed by atoms with Crippen LogP contribution in [0.5, 0.6) is 0 Å². The molecule has 1 heterocycles. The van der Waals surface area contributed by atoms with E-state index in [1.165, 1.54) is 0 Å². The molecular formula is C10H19NO3S. The molecular weight excluding hydrogens is 214 g/mol. The maximum absolute atomic E-state index is 11.8. The van der Waals surface area contributed by atoms with Crippen molar-refractivity contribution in [1.82, 2.24) is 5.32 Å². The van der Waals surface area contributed by atoms with Crippen molar-refractivity contribution in [1.29, 1.82) is 0 Å². The van der Waals surface area contributed by atoms with Gasteiger partial charge in [-0.25, -0.2) is 0 Å². The van der Waals surface area contributed by atoms with Gasteiger partial charge in [-0.3, -0.25) is 4.79 Å². The van der Waals surface area contributed by atoms with Gasteiger partial charge in [0.25, 0.3) is 0 Å². The van der Waals surface area contributed by atoms with Crippen LogP contribution in [0.25, 0.3) is 0 Å². The second-order valence-electron chi connectivity index (χ2n) is 3.77. The highest BCUT2D eigenvalue weighted by atomic mass is 32.2. The zero-order chi connectivity index (χ0) is 11.1. The number of carbonyl (C=O) groups excluding carboxylic acids is 1. The zero-order valence-electron chi connectivity index (χ0n) is 9.12. The predicted octanol–water partition coefficient (Wildman–Crippen LogP) is 0.397. The lowest BCUT2D eigenvalue weighted by atomic mass is 10.1. The first-order valence-corrected chi connectivity index (χ1v) is 6.28. The van der Waals surface area contributed by atoms with Crippen LogP contribution in [0.3, 0.4) is 0 Å². The van der Waals surface area contributed by atoms with Crippen molar-refractivity contribution in [2.24, 2.45) is 0 Å². The molecule has 2 N–H and O–H groups in total. The summed E-state index contributed by atoms with van der Waals surface area (Å²) in [7, 11) is 0. The van der Waals surface area contributed by atoms with Crippen molar-refractivity contribution in [3.05, 3.63) is 0 Å². The van der Waals surface area contributed by atoms with E-state index in [4.69, 9.17) is 9.84 Å². The summed E-state index contributed by atoms with van der Waals surface area (Å²) in [4.78, 5) is 11.8. The normalized spacial score (nSPS) is 25.5. The summed E-state index contributed by atoms with van der Waals surface area (Å²) in [6.45, 7) is 3.35. The molecule has 5 heteroatoms. The van der Waals surface area contributed by atoms with Crippen molar-refractivity contribution < 1.29 is 14.6 Å². The zero-order valence-corrected chi connectivity index (χ0v) is 9.94. The molecule has 88 valence electrons. The molecule has 15 heavy (non-hydrogen) atoms. The molecule has 1 fully saturated rings. The minimum absolute atomic E-state index is 0.0293. The first-order chi connectivity index (χ1) is 7.19. The summed E-state index contributed by atoms with van der Waals surface area (Å²) in [5.74, 6) is 1.18. The van der Waals surface area contributed by atoms with E-state index in [9.17, 15) is 4.79 Å². The second-order valence-corrected chi connectivity index (χ2v) is 5.37. The van der Waals surface area contributed by atoms with Crippen LogP contribution in [0, 0.1) is 0 Å². The Hall–Kier alpha value is -0.260. The number of nitrogens with one attached hydrogen (secondary N) is 1. The number of amides is 1. The number of hydrogen-bond acceptors (Lipinski definition) is 4. The third kappa shape index (κ3) is 4.01. The van der Waals surface area contributed by atoms with E-state index in [-0.39, 0.29) is 17.3 Å². The fourth-order valence-electron chi connectivity index (χ4n) is 1.55. The van der Waals surface area contributed by atoms with E-state index in [2.05, 4.69) is 5.32 Å². The lowest BCUT2D eigenvalue weighted by molar-refractivity contribution is -0.123. The molecule has 1 atom stereocenters. The summed E-state index contributed by atoms with van der Waals surface area (Å²) in [5.41, 5.74) is 0. The Morgan fingerprint density at radius 1 is 1.60 bits per heavy atom. The van der Waals surface area contributed by atoms with Crippen LogP contribution in [-0.2, 0) is 9.53 Å². The highest BCUT2D eigenvalue weighted by Gasteiger charge is 2.36. The van der Waals surface area contributed by atoms with Crippen LogP contribution >= 0.6 is 11.8 Å². The molecule has 0 spiro atoms. The minimum Gasteiger partial charge on any atom is -0.394 e. The number of hydrogen-bond donors (Lipinski definition) is 2. The van der Waals surface area contributed by atoms with E-state index in [1.54, 1.807) is 11.8 Å². The molecule has 1 rings (SSSR count). The van der Waals surface area contributed by atoms with Crippen LogP contribution in [-0.4, -0.2) is 47.9 Å². The average Bonchev–Trinajstić information content (AvgIpc) is 2.66. The largest absolute Gasteiger partial charge is 0.394 e. The Balaban J connectivity index is 2.12. The Morgan fingerprint density at radius 2 is 2.40 bits per heavy atom. The van der Waals surface area contributed by atoms with Crippen LogP contribution in [0.4, 0.5) is 0 Å². The number of rotatable bonds is 6. The molecule has 1 unspecified atom stereocenters. The summed E-state index contributed by atoms with van der Waals surface area (Å²) in [6.07, 6.45) is 2.08. The Kier molecular flexibility index (Phi) is 5.42. The van der Waals surface area contributed by atoms with Gasteiger partial charge in [0.15, 0.2) is 0 Å². The first kappa shape index (κ1) is 12.8. The van der Waals surface area contributed by atoms with Crippen LogP contribution in [0.15, 0.2) is 0 Å². The lowest BCUT2D eigenvalue weighted by Gasteiger charge is -2.21. The first-order valence-electron chi connectivity index (χ1n) is 5.30. The van der Waals surface area contributed by atoms with Gasteiger partial charge in [0.2, 0.25) is 5.91 Å². The summed E-state index contributed by atoms with van der Waals surface area (Å²) in [5, 5.41) is 11.3. The van der Waals surface area contributed by atoms with Crippen molar-refractivity contribution in [2.45, 2.75) is 24.5 Å². The van der Waals surface area contributed by atoms with E-state index >= 15 is 0 Å². The maximum Gasteiger partial charge on any atom is 0.236 e. The van der Waals surface area contributed by atoms with Crippen LogP contribution in [0.1, 0.15) is 19.8 Å². The predicted molar refractivity (Wildman–Crippen MR) is 61.0 cm³/mol. The standard InChI is InChI=1S/C10H19NO3S/c1-10(3-2-8-15-10)9(13)11-4-6-14-7-5-12/h12H,2-8H2,1H3,(H,11,13). The Labute approximate surface area is 94.8 Å². The Bertz CT molecular complexity index is 205. The van der Waals surface area contributed by atoms with Gasteiger partial charge in [0, 0.05) is 6.54 Å². The number of thioether (sulfide) groups is 1. The van der Waals surface area contributed by atoms with Gasteiger partial charge in [-0.15, -0.1) is 11.8 Å². The molecule has 0 saturated carbocycles. The van der Waals surface area contributed by atoms with Gasteiger partial charge in [0.1, 0.15) is 0 Å². The van der Waals surface area contributed by atoms with E-state index < -0.39 is 0 Å². The van der Waals surface area contributed by atoms with Gasteiger partial charge in [-0.1, -0.05) is 0 Å². The summed E-state index contributed by atoms with van der Waals surface area (Å²) < 4.78 is 4.82. The molecule has 0 bridgehead atoms. The van der Waals surface area contributed by atoms with E-state index in [0.717, 1.165) is 18.6 Å². The van der Waals surface area contributed by atoms with Gasteiger partial charge in [-0.2, -0.15) is 0 Å². The van der Waals surface area contributed by atoms with Crippen molar-refractivity contribution in [3.8, 4) is 0 Å². The fourth-order valence-corrected chi connectivity index (χ4v) is 2.78. The maximum atomic E-state index is 11.8. The molecule has 0 radical (unpaired) electrons. The third-order valence-corrected chi connectivity index (χ3v) is 3.99. The van der Waals surface area contributed by atoms with Crippen LogP contribution < -0.4 is 5.32 Å². The average molecular weight is 233 g/mol. The number of ether oxygens (including phenoxy) is 1. The molecule has 0 aromatic rings. The lowest BCUT2D eigenvalue weighted by Crippen LogP contribution is -2.41. The van der Waals surface area contributed by atoms with Gasteiger partial charge in [-0.05, 0) is 25.5 Å². The Morgan fingerprint density at radius 3 is 3.00 bits per heavy atom. The van der Waals surface area contributed by atoms with Gasteiger partial charge < -0.3 is 15.2 Å². The minimum atomic E-state index is -0.239. The fraction of sp³-hybridized carbons (Fsp3) is 0.900. The van der Waals surface area contributed by atoms with Crippen LogP contribution in [0.2, 0.25) is 0 Å². The SMILES string of the molecule is CC1(C(=O)NCCOCCO)CCCS1. The third-order valence-electron chi connectivity index (χ3n) is 2.47. The molecule has 1 amide bonds.